The second kappa shape index (κ2) is 6.00. The fraction of sp³-hybridized carbons (Fsp3) is 0.333. The number of nitrogens with one attached hydrogen (secondary N) is 1. The first-order valence-corrected chi connectivity index (χ1v) is 7.96. The lowest BCUT2D eigenvalue weighted by Gasteiger charge is -2.15. The van der Waals surface area contributed by atoms with Gasteiger partial charge in [-0.05, 0) is 6.07 Å². The number of rotatable bonds is 5. The van der Waals surface area contributed by atoms with Crippen LogP contribution in [0.3, 0.4) is 0 Å². The molecule has 2 aromatic rings. The molecular formula is C12H16ClN5O2S. The van der Waals surface area contributed by atoms with E-state index in [-0.39, 0.29) is 16.7 Å². The quantitative estimate of drug-likeness (QED) is 0.885. The molecule has 114 valence electrons. The highest BCUT2D eigenvalue weighted by atomic mass is 35.5. The molecule has 0 aromatic carbocycles. The molecule has 9 heteroatoms. The van der Waals surface area contributed by atoms with Gasteiger partial charge in [-0.2, -0.15) is 0 Å². The van der Waals surface area contributed by atoms with Crippen molar-refractivity contribution < 1.29 is 8.42 Å². The van der Waals surface area contributed by atoms with Gasteiger partial charge in [-0.25, -0.2) is 23.1 Å². The summed E-state index contributed by atoms with van der Waals surface area (Å²) < 4.78 is 28.4. The molecular weight excluding hydrogens is 314 g/mol. The van der Waals surface area contributed by atoms with E-state index in [1.807, 2.05) is 25.1 Å². The Balaban J connectivity index is 2.22. The molecule has 0 bridgehead atoms. The van der Waals surface area contributed by atoms with Crippen LogP contribution < -0.4 is 9.62 Å². The zero-order chi connectivity index (χ0) is 15.6. The van der Waals surface area contributed by atoms with E-state index in [2.05, 4.69) is 14.7 Å². The average molecular weight is 330 g/mol. The van der Waals surface area contributed by atoms with Gasteiger partial charge in [-0.3, -0.25) is 0 Å². The molecule has 2 rings (SSSR count). The van der Waals surface area contributed by atoms with Gasteiger partial charge < -0.3 is 9.47 Å². The Hall–Kier alpha value is -1.64. The molecule has 0 fully saturated rings. The predicted octanol–water partition coefficient (Wildman–Crippen LogP) is 1.01. The van der Waals surface area contributed by atoms with Crippen molar-refractivity contribution in [3.05, 3.63) is 35.4 Å². The highest BCUT2D eigenvalue weighted by Crippen LogP contribution is 2.20. The van der Waals surface area contributed by atoms with Crippen LogP contribution in [0.1, 0.15) is 5.56 Å². The van der Waals surface area contributed by atoms with Gasteiger partial charge in [-0.15, -0.1) is 0 Å². The molecule has 0 spiro atoms. The molecule has 0 radical (unpaired) electrons. The molecule has 0 aliphatic rings. The summed E-state index contributed by atoms with van der Waals surface area (Å²) in [4.78, 5) is 9.85. The van der Waals surface area contributed by atoms with Gasteiger partial charge in [-0.1, -0.05) is 17.7 Å². The van der Waals surface area contributed by atoms with Gasteiger partial charge in [0.2, 0.25) is 5.03 Å². The molecule has 1 N–H and O–H groups in total. The predicted molar refractivity (Wildman–Crippen MR) is 80.8 cm³/mol. The van der Waals surface area contributed by atoms with E-state index >= 15 is 0 Å². The molecule has 0 amide bonds. The lowest BCUT2D eigenvalue weighted by molar-refractivity contribution is 0.578. The van der Waals surface area contributed by atoms with E-state index in [0.29, 0.717) is 5.82 Å². The van der Waals surface area contributed by atoms with Crippen LogP contribution in [-0.4, -0.2) is 37.0 Å². The second-order valence-corrected chi connectivity index (χ2v) is 6.70. The number of aryl methyl sites for hydroxylation is 1. The smallest absolute Gasteiger partial charge is 0.261 e. The molecule has 2 heterocycles. The first kappa shape index (κ1) is 15.7. The van der Waals surface area contributed by atoms with Crippen molar-refractivity contribution in [2.24, 2.45) is 7.05 Å². The highest BCUT2D eigenvalue weighted by molar-refractivity contribution is 7.89. The van der Waals surface area contributed by atoms with Crippen LogP contribution in [-0.2, 0) is 23.6 Å². The Morgan fingerprint density at radius 2 is 2.10 bits per heavy atom. The summed E-state index contributed by atoms with van der Waals surface area (Å²) in [5, 5.41) is -0.108. The molecule has 0 saturated carbocycles. The maximum absolute atomic E-state index is 12.2. The minimum Gasteiger partial charge on any atom is -0.362 e. The molecule has 7 nitrogen and oxygen atoms in total. The lowest BCUT2D eigenvalue weighted by Crippen LogP contribution is -2.25. The molecule has 0 aliphatic carbocycles. The van der Waals surface area contributed by atoms with E-state index < -0.39 is 10.0 Å². The summed E-state index contributed by atoms with van der Waals surface area (Å²) in [5.41, 5.74) is 0.762. The van der Waals surface area contributed by atoms with Crippen molar-refractivity contribution in [2.45, 2.75) is 11.6 Å². The summed E-state index contributed by atoms with van der Waals surface area (Å²) in [6.07, 6.45) is 3.01. The third-order valence-corrected chi connectivity index (χ3v) is 4.72. The Labute approximate surface area is 128 Å². The molecule has 0 aliphatic heterocycles. The zero-order valence-corrected chi connectivity index (χ0v) is 13.5. The molecule has 21 heavy (non-hydrogen) atoms. The van der Waals surface area contributed by atoms with Crippen molar-refractivity contribution in [3.63, 3.8) is 0 Å². The first-order valence-electron chi connectivity index (χ1n) is 6.10. The van der Waals surface area contributed by atoms with Crippen LogP contribution in [0.15, 0.2) is 29.7 Å². The Morgan fingerprint density at radius 1 is 1.38 bits per heavy atom. The minimum atomic E-state index is -3.77. The van der Waals surface area contributed by atoms with Crippen molar-refractivity contribution in [1.29, 1.82) is 0 Å². The van der Waals surface area contributed by atoms with E-state index in [4.69, 9.17) is 11.6 Å². The lowest BCUT2D eigenvalue weighted by atomic mass is 10.2. The van der Waals surface area contributed by atoms with Crippen LogP contribution in [0.2, 0.25) is 5.15 Å². The number of hydrogen-bond donors (Lipinski definition) is 1. The van der Waals surface area contributed by atoms with Crippen LogP contribution >= 0.6 is 11.6 Å². The Kier molecular flexibility index (Phi) is 4.50. The zero-order valence-electron chi connectivity index (χ0n) is 11.9. The van der Waals surface area contributed by atoms with Gasteiger partial charge in [0.25, 0.3) is 10.0 Å². The Bertz CT molecular complexity index is 742. The van der Waals surface area contributed by atoms with E-state index in [1.165, 1.54) is 10.9 Å². The van der Waals surface area contributed by atoms with Gasteiger partial charge in [0, 0.05) is 39.4 Å². The first-order chi connectivity index (χ1) is 9.83. The fourth-order valence-corrected chi connectivity index (χ4v) is 3.22. The van der Waals surface area contributed by atoms with Crippen molar-refractivity contribution in [2.75, 3.05) is 19.0 Å². The van der Waals surface area contributed by atoms with Gasteiger partial charge in [0.1, 0.15) is 11.0 Å². The molecule has 0 unspecified atom stereocenters. The minimum absolute atomic E-state index is 0.0709. The van der Waals surface area contributed by atoms with Crippen LogP contribution in [0.5, 0.6) is 0 Å². The SMILES string of the molecule is CN(C)c1ncccc1CNS(=O)(=O)c1ncn(C)c1Cl. The van der Waals surface area contributed by atoms with E-state index in [0.717, 1.165) is 5.56 Å². The van der Waals surface area contributed by atoms with Gasteiger partial charge in [0.15, 0.2) is 0 Å². The monoisotopic (exact) mass is 329 g/mol. The number of anilines is 1. The second-order valence-electron chi connectivity index (χ2n) is 4.66. The van der Waals surface area contributed by atoms with E-state index in [1.54, 1.807) is 19.3 Å². The molecule has 2 aromatic heterocycles. The summed E-state index contributed by atoms with van der Waals surface area (Å²) >= 11 is 5.92. The topological polar surface area (TPSA) is 80.1 Å². The summed E-state index contributed by atoms with van der Waals surface area (Å²) in [6.45, 7) is 0.108. The Morgan fingerprint density at radius 3 is 2.67 bits per heavy atom. The summed E-state index contributed by atoms with van der Waals surface area (Å²) in [5.74, 6) is 0.701. The number of hydrogen-bond acceptors (Lipinski definition) is 5. The fourth-order valence-electron chi connectivity index (χ4n) is 1.79. The number of nitrogens with zero attached hydrogens (tertiary/aromatic N) is 4. The average Bonchev–Trinajstić information content (AvgIpc) is 2.78. The highest BCUT2D eigenvalue weighted by Gasteiger charge is 2.22. The number of aromatic nitrogens is 3. The van der Waals surface area contributed by atoms with Crippen molar-refractivity contribution in [3.8, 4) is 0 Å². The van der Waals surface area contributed by atoms with Crippen LogP contribution in [0.4, 0.5) is 5.82 Å². The number of sulfonamides is 1. The maximum atomic E-state index is 12.2. The largest absolute Gasteiger partial charge is 0.362 e. The van der Waals surface area contributed by atoms with Crippen molar-refractivity contribution in [1.82, 2.24) is 19.3 Å². The van der Waals surface area contributed by atoms with Crippen LogP contribution in [0, 0.1) is 0 Å². The summed E-state index contributed by atoms with van der Waals surface area (Å²) in [6, 6.07) is 3.56. The molecule has 0 atom stereocenters. The number of pyridine rings is 1. The normalized spacial score (nSPS) is 11.6. The maximum Gasteiger partial charge on any atom is 0.261 e. The standard InChI is InChI=1S/C12H16ClN5O2S/c1-17(2)11-9(5-4-6-14-11)7-16-21(19,20)12-10(13)18(3)8-15-12/h4-6,8,16H,7H2,1-3H3. The molecule has 0 saturated heterocycles. The number of imidazole rings is 1. The van der Waals surface area contributed by atoms with Crippen molar-refractivity contribution >= 4 is 27.4 Å². The van der Waals surface area contributed by atoms with Gasteiger partial charge in [0.05, 0.1) is 6.33 Å². The third kappa shape index (κ3) is 3.34. The third-order valence-electron chi connectivity index (χ3n) is 2.83. The van der Waals surface area contributed by atoms with Crippen LogP contribution in [0.25, 0.3) is 0 Å². The van der Waals surface area contributed by atoms with Gasteiger partial charge >= 0.3 is 0 Å². The number of halogens is 1. The summed E-state index contributed by atoms with van der Waals surface area (Å²) in [7, 11) is 1.54. The van der Waals surface area contributed by atoms with E-state index in [9.17, 15) is 8.42 Å².